The average Bonchev–Trinajstić information content (AvgIpc) is 3.24. The number of nitrogens with zero attached hydrogens (tertiary/aromatic N) is 6. The van der Waals surface area contributed by atoms with Gasteiger partial charge in [-0.2, -0.15) is 10.2 Å². The summed E-state index contributed by atoms with van der Waals surface area (Å²) in [7, 11) is 0. The summed E-state index contributed by atoms with van der Waals surface area (Å²) in [5.74, 6) is 0.635. The van der Waals surface area contributed by atoms with Crippen LogP contribution in [0.15, 0.2) is 49.1 Å². The summed E-state index contributed by atoms with van der Waals surface area (Å²) in [5.41, 5.74) is 1.67. The fourth-order valence-corrected chi connectivity index (χ4v) is 2.86. The molecule has 0 aliphatic carbocycles. The van der Waals surface area contributed by atoms with Crippen LogP contribution in [0.4, 0.5) is 0 Å². The van der Waals surface area contributed by atoms with Gasteiger partial charge in [0.1, 0.15) is 0 Å². The Morgan fingerprint density at radius 3 is 2.96 bits per heavy atom. The van der Waals surface area contributed by atoms with Crippen molar-refractivity contribution < 1.29 is 4.79 Å². The highest BCUT2D eigenvalue weighted by Gasteiger charge is 2.28. The van der Waals surface area contributed by atoms with E-state index in [9.17, 15) is 4.79 Å². The molecule has 0 radical (unpaired) electrons. The van der Waals surface area contributed by atoms with E-state index in [1.165, 1.54) is 0 Å². The molecule has 3 aromatic heterocycles. The van der Waals surface area contributed by atoms with Crippen LogP contribution in [-0.4, -0.2) is 41.4 Å². The second kappa shape index (κ2) is 5.35. The molecule has 0 N–H and O–H groups in total. The fourth-order valence-electron chi connectivity index (χ4n) is 2.86. The monoisotopic (exact) mass is 308 g/mol. The molecule has 0 saturated carbocycles. The van der Waals surface area contributed by atoms with Crippen LogP contribution in [0.1, 0.15) is 23.0 Å². The molecule has 1 atom stereocenters. The molecule has 4 heterocycles. The van der Waals surface area contributed by atoms with E-state index in [0.29, 0.717) is 24.5 Å². The molecule has 0 saturated heterocycles. The first-order valence-electron chi connectivity index (χ1n) is 7.50. The summed E-state index contributed by atoms with van der Waals surface area (Å²) in [6.45, 7) is 3.32. The van der Waals surface area contributed by atoms with E-state index in [-0.39, 0.29) is 11.9 Å². The van der Waals surface area contributed by atoms with Crippen LogP contribution < -0.4 is 0 Å². The van der Waals surface area contributed by atoms with Gasteiger partial charge in [-0.1, -0.05) is 0 Å². The topological polar surface area (TPSA) is 68.8 Å². The predicted octanol–water partition coefficient (Wildman–Crippen LogP) is 1.51. The minimum atomic E-state index is 0.000700. The van der Waals surface area contributed by atoms with Crippen molar-refractivity contribution >= 4 is 5.91 Å². The normalized spacial score (nSPS) is 17.1. The van der Waals surface area contributed by atoms with Crippen molar-refractivity contribution in [1.82, 2.24) is 29.4 Å². The lowest BCUT2D eigenvalue weighted by molar-refractivity contribution is 0.0607. The number of pyridine rings is 1. The number of aromatic nitrogens is 5. The number of carbonyl (C=O) groups is 1. The molecule has 0 aromatic carbocycles. The largest absolute Gasteiger partial charge is 0.328 e. The first kappa shape index (κ1) is 13.7. The van der Waals surface area contributed by atoms with E-state index in [1.54, 1.807) is 41.6 Å². The van der Waals surface area contributed by atoms with E-state index < -0.39 is 0 Å². The molecule has 1 unspecified atom stereocenters. The van der Waals surface area contributed by atoms with Crippen LogP contribution in [0, 0.1) is 0 Å². The Hall–Kier alpha value is -2.96. The van der Waals surface area contributed by atoms with Gasteiger partial charge in [0.2, 0.25) is 0 Å². The van der Waals surface area contributed by atoms with Crippen molar-refractivity contribution in [2.45, 2.75) is 26.1 Å². The van der Waals surface area contributed by atoms with Crippen LogP contribution in [0.2, 0.25) is 0 Å². The van der Waals surface area contributed by atoms with Crippen LogP contribution >= 0.6 is 0 Å². The fraction of sp³-hybridized carbons (Fsp3) is 0.250. The lowest BCUT2D eigenvalue weighted by atomic mass is 10.1. The maximum absolute atomic E-state index is 12.9. The van der Waals surface area contributed by atoms with Crippen molar-refractivity contribution in [3.8, 4) is 5.82 Å². The van der Waals surface area contributed by atoms with E-state index >= 15 is 0 Å². The Morgan fingerprint density at radius 1 is 1.22 bits per heavy atom. The molecule has 116 valence electrons. The Morgan fingerprint density at radius 2 is 2.13 bits per heavy atom. The molecule has 1 aliphatic rings. The van der Waals surface area contributed by atoms with Gasteiger partial charge < -0.3 is 4.90 Å². The number of fused-ring (bicyclic) bond motifs is 1. The third kappa shape index (κ3) is 2.40. The Kier molecular flexibility index (Phi) is 3.18. The van der Waals surface area contributed by atoms with Gasteiger partial charge in [-0.25, -0.2) is 9.67 Å². The van der Waals surface area contributed by atoms with Crippen molar-refractivity contribution in [2.75, 3.05) is 0 Å². The van der Waals surface area contributed by atoms with Gasteiger partial charge in [0.05, 0.1) is 18.8 Å². The molecule has 1 aliphatic heterocycles. The zero-order chi connectivity index (χ0) is 15.8. The molecule has 1 amide bonds. The van der Waals surface area contributed by atoms with Gasteiger partial charge >= 0.3 is 0 Å². The molecule has 7 heteroatoms. The maximum Gasteiger partial charge on any atom is 0.254 e. The number of hydrogen-bond acceptors (Lipinski definition) is 4. The molecular weight excluding hydrogens is 292 g/mol. The molecule has 0 fully saturated rings. The van der Waals surface area contributed by atoms with Gasteiger partial charge in [0, 0.05) is 36.4 Å². The highest BCUT2D eigenvalue weighted by molar-refractivity contribution is 5.94. The molecule has 23 heavy (non-hydrogen) atoms. The maximum atomic E-state index is 12.9. The minimum absolute atomic E-state index is 0.000700. The van der Waals surface area contributed by atoms with Crippen LogP contribution in [-0.2, 0) is 13.1 Å². The molecule has 0 spiro atoms. The van der Waals surface area contributed by atoms with E-state index in [0.717, 1.165) is 5.69 Å². The van der Waals surface area contributed by atoms with Crippen LogP contribution in [0.25, 0.3) is 5.82 Å². The molecule has 0 bridgehead atoms. The number of hydrogen-bond donors (Lipinski definition) is 0. The molecule has 7 nitrogen and oxygen atoms in total. The van der Waals surface area contributed by atoms with Crippen LogP contribution in [0.5, 0.6) is 0 Å². The minimum Gasteiger partial charge on any atom is -0.328 e. The van der Waals surface area contributed by atoms with Gasteiger partial charge in [-0.15, -0.1) is 0 Å². The number of amides is 1. The predicted molar refractivity (Wildman–Crippen MR) is 82.9 cm³/mol. The second-order valence-electron chi connectivity index (χ2n) is 5.64. The lowest BCUT2D eigenvalue weighted by Crippen LogP contribution is -2.44. The first-order valence-corrected chi connectivity index (χ1v) is 7.50. The second-order valence-corrected chi connectivity index (χ2v) is 5.64. The standard InChI is InChI=1S/C16H16N6O/c1-12-10-22-14(4-7-19-22)11-20(12)16(23)13-3-6-17-15(9-13)21-8-2-5-18-21/h2-9,12H,10-11H2,1H3. The lowest BCUT2D eigenvalue weighted by Gasteiger charge is -2.34. The highest BCUT2D eigenvalue weighted by atomic mass is 16.2. The molecule has 4 rings (SSSR count). The summed E-state index contributed by atoms with van der Waals surface area (Å²) < 4.78 is 3.60. The van der Waals surface area contributed by atoms with Crippen molar-refractivity contribution in [3.05, 3.63) is 60.3 Å². The van der Waals surface area contributed by atoms with E-state index in [1.807, 2.05) is 28.6 Å². The number of carbonyl (C=O) groups excluding carboxylic acids is 1. The summed E-state index contributed by atoms with van der Waals surface area (Å²) in [6.07, 6.45) is 6.91. The summed E-state index contributed by atoms with van der Waals surface area (Å²) in [5, 5.41) is 8.43. The molecule has 3 aromatic rings. The van der Waals surface area contributed by atoms with Gasteiger partial charge in [-0.05, 0) is 31.2 Å². The van der Waals surface area contributed by atoms with E-state index in [2.05, 4.69) is 15.2 Å². The third-order valence-corrected chi connectivity index (χ3v) is 4.10. The zero-order valence-corrected chi connectivity index (χ0v) is 12.7. The van der Waals surface area contributed by atoms with Crippen LogP contribution in [0.3, 0.4) is 0 Å². The van der Waals surface area contributed by atoms with Crippen molar-refractivity contribution in [2.24, 2.45) is 0 Å². The molecular formula is C16H16N6O. The zero-order valence-electron chi connectivity index (χ0n) is 12.7. The first-order chi connectivity index (χ1) is 11.2. The smallest absolute Gasteiger partial charge is 0.254 e. The quantitative estimate of drug-likeness (QED) is 0.719. The Labute approximate surface area is 133 Å². The summed E-state index contributed by atoms with van der Waals surface area (Å²) in [4.78, 5) is 19.0. The van der Waals surface area contributed by atoms with E-state index in [4.69, 9.17) is 0 Å². The summed E-state index contributed by atoms with van der Waals surface area (Å²) in [6, 6.07) is 7.39. The van der Waals surface area contributed by atoms with Gasteiger partial charge in [-0.3, -0.25) is 9.48 Å². The van der Waals surface area contributed by atoms with Crippen molar-refractivity contribution in [1.29, 1.82) is 0 Å². The Bertz CT molecular complexity index is 838. The Balaban J connectivity index is 1.63. The SMILES string of the molecule is CC1Cn2nccc2CN1C(=O)c1ccnc(-n2cccn2)c1. The van der Waals surface area contributed by atoms with Gasteiger partial charge in [0.25, 0.3) is 5.91 Å². The highest BCUT2D eigenvalue weighted by Crippen LogP contribution is 2.20. The summed E-state index contributed by atoms with van der Waals surface area (Å²) >= 11 is 0. The van der Waals surface area contributed by atoms with Gasteiger partial charge in [0.15, 0.2) is 5.82 Å². The van der Waals surface area contributed by atoms with Crippen molar-refractivity contribution in [3.63, 3.8) is 0 Å². The average molecular weight is 308 g/mol. The third-order valence-electron chi connectivity index (χ3n) is 4.10. The number of rotatable bonds is 2.